The third-order valence-corrected chi connectivity index (χ3v) is 9.71. The molecule has 0 amide bonds. The summed E-state index contributed by atoms with van der Waals surface area (Å²) in [6.45, 7) is 6.09. The molecule has 1 N–H and O–H groups in total. The van der Waals surface area contributed by atoms with Gasteiger partial charge in [-0.3, -0.25) is 0 Å². The van der Waals surface area contributed by atoms with E-state index in [1.807, 2.05) is 0 Å². The molecule has 10 heteroatoms. The summed E-state index contributed by atoms with van der Waals surface area (Å²) in [4.78, 5) is 29.2. The predicted molar refractivity (Wildman–Crippen MR) is 191 cm³/mol. The number of allylic oxidation sites excluding steroid dienone is 2. The molecule has 272 valence electrons. The van der Waals surface area contributed by atoms with Crippen molar-refractivity contribution in [1.29, 1.82) is 0 Å². The molecule has 0 spiro atoms. The smallest absolute Gasteiger partial charge is 0.387 e. The van der Waals surface area contributed by atoms with E-state index in [1.54, 1.807) is 39.0 Å². The highest BCUT2D eigenvalue weighted by Gasteiger charge is 2.40. The SMILES string of the molecule is CCOC(=O)C1=C(C)NC(C)=C(C(=O)OCCCOCCCN2CCC(c3ccccc3)(c3ccccc3)CC2)C1c1ccccc1OC(F)F. The summed E-state index contributed by atoms with van der Waals surface area (Å²) in [5, 5.41) is 3.07. The molecular formula is C41H48F2N2O6. The van der Waals surface area contributed by atoms with E-state index < -0.39 is 24.5 Å². The molecule has 0 bridgehead atoms. The zero-order valence-corrected chi connectivity index (χ0v) is 29.7. The minimum absolute atomic E-state index is 0.0216. The van der Waals surface area contributed by atoms with Crippen molar-refractivity contribution in [2.75, 3.05) is 46.1 Å². The Kier molecular flexibility index (Phi) is 13.4. The number of dihydropyridines is 1. The van der Waals surface area contributed by atoms with Gasteiger partial charge in [0.05, 0.1) is 30.3 Å². The van der Waals surface area contributed by atoms with Crippen LogP contribution < -0.4 is 10.1 Å². The van der Waals surface area contributed by atoms with Crippen molar-refractivity contribution in [1.82, 2.24) is 10.2 Å². The molecule has 51 heavy (non-hydrogen) atoms. The highest BCUT2D eigenvalue weighted by Crippen LogP contribution is 2.44. The van der Waals surface area contributed by atoms with Crippen LogP contribution in [0.3, 0.4) is 0 Å². The highest BCUT2D eigenvalue weighted by molar-refractivity contribution is 6.00. The molecule has 2 aliphatic heterocycles. The molecular weight excluding hydrogens is 654 g/mol. The Balaban J connectivity index is 1.11. The van der Waals surface area contributed by atoms with Gasteiger partial charge in [-0.15, -0.1) is 0 Å². The average molecular weight is 703 g/mol. The second-order valence-corrected chi connectivity index (χ2v) is 12.9. The van der Waals surface area contributed by atoms with Gasteiger partial charge in [0, 0.05) is 48.6 Å². The summed E-state index contributed by atoms with van der Waals surface area (Å²) in [5.41, 5.74) is 4.15. The molecule has 0 aromatic heterocycles. The van der Waals surface area contributed by atoms with E-state index >= 15 is 0 Å². The molecule has 3 aromatic rings. The number of para-hydroxylation sites is 1. The Labute approximate surface area is 299 Å². The molecule has 2 aliphatic rings. The van der Waals surface area contributed by atoms with Crippen LogP contribution in [0, 0.1) is 0 Å². The van der Waals surface area contributed by atoms with Gasteiger partial charge in [0.15, 0.2) is 0 Å². The van der Waals surface area contributed by atoms with Gasteiger partial charge in [-0.2, -0.15) is 8.78 Å². The van der Waals surface area contributed by atoms with Crippen molar-refractivity contribution in [3.63, 3.8) is 0 Å². The molecule has 0 aliphatic carbocycles. The fraction of sp³-hybridized carbons (Fsp3) is 0.415. The molecule has 3 aromatic carbocycles. The molecule has 1 atom stereocenters. The van der Waals surface area contributed by atoms with Gasteiger partial charge >= 0.3 is 18.6 Å². The van der Waals surface area contributed by atoms with Crippen LogP contribution in [0.15, 0.2) is 107 Å². The van der Waals surface area contributed by atoms with Gasteiger partial charge in [-0.05, 0) is 70.3 Å². The van der Waals surface area contributed by atoms with Crippen molar-refractivity contribution < 1.29 is 37.3 Å². The molecule has 2 heterocycles. The third kappa shape index (κ3) is 9.23. The number of ether oxygens (including phenoxy) is 4. The zero-order chi connectivity index (χ0) is 36.2. The Morgan fingerprint density at radius 3 is 1.92 bits per heavy atom. The van der Waals surface area contributed by atoms with Crippen molar-refractivity contribution in [2.45, 2.75) is 64.4 Å². The van der Waals surface area contributed by atoms with Crippen LogP contribution in [-0.2, 0) is 29.2 Å². The second kappa shape index (κ2) is 18.1. The van der Waals surface area contributed by atoms with E-state index in [0.717, 1.165) is 38.9 Å². The van der Waals surface area contributed by atoms with E-state index in [1.165, 1.54) is 17.2 Å². The Morgan fingerprint density at radius 2 is 1.33 bits per heavy atom. The number of nitrogens with one attached hydrogen (secondary N) is 1. The summed E-state index contributed by atoms with van der Waals surface area (Å²) in [7, 11) is 0. The Bertz CT molecular complexity index is 1630. The number of halogens is 2. The van der Waals surface area contributed by atoms with Gasteiger partial charge in [-0.25, -0.2) is 9.59 Å². The Morgan fingerprint density at radius 1 is 0.784 bits per heavy atom. The fourth-order valence-corrected chi connectivity index (χ4v) is 7.29. The van der Waals surface area contributed by atoms with Crippen LogP contribution >= 0.6 is 0 Å². The molecule has 5 rings (SSSR count). The molecule has 0 saturated carbocycles. The van der Waals surface area contributed by atoms with Gasteiger partial charge < -0.3 is 29.2 Å². The van der Waals surface area contributed by atoms with E-state index in [4.69, 9.17) is 18.9 Å². The third-order valence-electron chi connectivity index (χ3n) is 9.71. The first-order chi connectivity index (χ1) is 24.7. The normalized spacial score (nSPS) is 17.6. The number of carbonyl (C=O) groups excluding carboxylic acids is 2. The first kappa shape index (κ1) is 37.7. The van der Waals surface area contributed by atoms with Crippen LogP contribution in [0.2, 0.25) is 0 Å². The zero-order valence-electron chi connectivity index (χ0n) is 29.7. The monoisotopic (exact) mass is 702 g/mol. The maximum atomic E-state index is 13.6. The maximum absolute atomic E-state index is 13.6. The topological polar surface area (TPSA) is 86.3 Å². The lowest BCUT2D eigenvalue weighted by Gasteiger charge is -2.43. The predicted octanol–water partition coefficient (Wildman–Crippen LogP) is 7.51. The number of alkyl halides is 2. The van der Waals surface area contributed by atoms with Crippen molar-refractivity contribution in [2.24, 2.45) is 0 Å². The largest absolute Gasteiger partial charge is 0.463 e. The summed E-state index contributed by atoms with van der Waals surface area (Å²) in [6, 6.07) is 27.8. The lowest BCUT2D eigenvalue weighted by Crippen LogP contribution is -2.43. The Hall–Kier alpha value is -4.54. The molecule has 1 fully saturated rings. The van der Waals surface area contributed by atoms with Crippen LogP contribution in [0.5, 0.6) is 5.75 Å². The molecule has 0 radical (unpaired) electrons. The van der Waals surface area contributed by atoms with Crippen LogP contribution in [0.1, 0.15) is 69.1 Å². The van der Waals surface area contributed by atoms with E-state index in [2.05, 4.69) is 70.9 Å². The maximum Gasteiger partial charge on any atom is 0.387 e. The van der Waals surface area contributed by atoms with Gasteiger partial charge in [0.2, 0.25) is 0 Å². The summed E-state index contributed by atoms with van der Waals surface area (Å²) in [6.07, 6.45) is 3.48. The number of esters is 2. The number of piperidine rings is 1. The molecule has 1 saturated heterocycles. The number of hydrogen-bond donors (Lipinski definition) is 1. The lowest BCUT2D eigenvalue weighted by molar-refractivity contribution is -0.140. The summed E-state index contributed by atoms with van der Waals surface area (Å²) < 4.78 is 48.3. The minimum atomic E-state index is -3.09. The number of carbonyl (C=O) groups is 2. The van der Waals surface area contributed by atoms with Crippen LogP contribution in [-0.4, -0.2) is 69.5 Å². The van der Waals surface area contributed by atoms with Crippen LogP contribution in [0.25, 0.3) is 0 Å². The van der Waals surface area contributed by atoms with Gasteiger partial charge in [0.1, 0.15) is 5.75 Å². The minimum Gasteiger partial charge on any atom is -0.463 e. The number of nitrogens with zero attached hydrogens (tertiary/aromatic N) is 1. The summed E-state index contributed by atoms with van der Waals surface area (Å²) >= 11 is 0. The quantitative estimate of drug-likeness (QED) is 0.121. The second-order valence-electron chi connectivity index (χ2n) is 12.9. The first-order valence-corrected chi connectivity index (χ1v) is 17.7. The lowest BCUT2D eigenvalue weighted by atomic mass is 9.68. The highest BCUT2D eigenvalue weighted by atomic mass is 19.3. The van der Waals surface area contributed by atoms with Crippen molar-refractivity contribution >= 4 is 11.9 Å². The van der Waals surface area contributed by atoms with Crippen LogP contribution in [0.4, 0.5) is 8.78 Å². The first-order valence-electron chi connectivity index (χ1n) is 17.7. The van der Waals surface area contributed by atoms with Gasteiger partial charge in [0.25, 0.3) is 0 Å². The number of hydrogen-bond acceptors (Lipinski definition) is 8. The van der Waals surface area contributed by atoms with Gasteiger partial charge in [-0.1, -0.05) is 78.9 Å². The number of likely N-dealkylation sites (tertiary alicyclic amines) is 1. The number of rotatable bonds is 16. The number of benzene rings is 3. The standard InChI is InChI=1S/C41H48F2N2O6/c1-4-49-38(46)35-29(2)44-30(3)36(37(35)33-19-11-12-20-34(33)51-40(42)43)39(47)50-28-14-27-48-26-13-23-45-24-21-41(22-25-45,31-15-7-5-8-16-31)32-17-9-6-10-18-32/h5-12,15-20,37,40,44H,4,13-14,21-28H2,1-3H3. The molecule has 1 unspecified atom stereocenters. The summed E-state index contributed by atoms with van der Waals surface area (Å²) in [5.74, 6) is -2.51. The van der Waals surface area contributed by atoms with E-state index in [0.29, 0.717) is 31.0 Å². The van der Waals surface area contributed by atoms with Crippen molar-refractivity contribution in [3.8, 4) is 5.75 Å². The van der Waals surface area contributed by atoms with E-state index in [-0.39, 0.29) is 41.1 Å². The van der Waals surface area contributed by atoms with E-state index in [9.17, 15) is 18.4 Å². The fourth-order valence-electron chi connectivity index (χ4n) is 7.29. The average Bonchev–Trinajstić information content (AvgIpc) is 3.13. The molecule has 8 nitrogen and oxygen atoms in total. The van der Waals surface area contributed by atoms with Crippen molar-refractivity contribution in [3.05, 3.63) is 124 Å².